The van der Waals surface area contributed by atoms with Crippen molar-refractivity contribution in [3.05, 3.63) is 12.2 Å². The maximum absolute atomic E-state index is 11.0. The Morgan fingerprint density at radius 1 is 1.18 bits per heavy atom. The third kappa shape index (κ3) is 10.9. The van der Waals surface area contributed by atoms with Crippen LogP contribution in [0.4, 0.5) is 0 Å². The van der Waals surface area contributed by atoms with Gasteiger partial charge in [0, 0.05) is 18.7 Å². The lowest BCUT2D eigenvalue weighted by Crippen LogP contribution is -2.26. The molecule has 0 aromatic rings. The van der Waals surface area contributed by atoms with Gasteiger partial charge in [-0.3, -0.25) is 0 Å². The van der Waals surface area contributed by atoms with Crippen molar-refractivity contribution in [2.45, 2.75) is 6.92 Å². The van der Waals surface area contributed by atoms with Gasteiger partial charge in [-0.1, -0.05) is 0 Å². The normalized spacial score (nSPS) is 11.4. The lowest BCUT2D eigenvalue weighted by molar-refractivity contribution is -0.140. The molecule has 98 valence electrons. The molecule has 0 aliphatic rings. The molecular weight excluding hydrogens is 250 g/mol. The average molecular weight is 265 g/mol. The number of hydrogen-bond donors (Lipinski definition) is 1. The summed E-state index contributed by atoms with van der Waals surface area (Å²) in [5.41, 5.74) is 0. The molecule has 0 saturated heterocycles. The Kier molecular flexibility index (Phi) is 7.15. The van der Waals surface area contributed by atoms with E-state index in [0.717, 1.165) is 18.4 Å². The summed E-state index contributed by atoms with van der Waals surface area (Å²) in [4.78, 5) is 21.8. The Balaban J connectivity index is 3.77. The van der Waals surface area contributed by atoms with Crippen LogP contribution < -0.4 is 4.72 Å². The molecule has 0 saturated carbocycles. The number of esters is 2. The topological polar surface area (TPSA) is 98.8 Å². The second-order valence-electron chi connectivity index (χ2n) is 2.92. The van der Waals surface area contributed by atoms with Gasteiger partial charge in [-0.25, -0.2) is 22.7 Å². The van der Waals surface area contributed by atoms with Gasteiger partial charge in [0.25, 0.3) is 0 Å². The van der Waals surface area contributed by atoms with Crippen molar-refractivity contribution in [1.29, 1.82) is 0 Å². The van der Waals surface area contributed by atoms with Crippen LogP contribution in [0.15, 0.2) is 12.2 Å². The highest BCUT2D eigenvalue weighted by Gasteiger charge is 2.02. The first kappa shape index (κ1) is 15.6. The second-order valence-corrected chi connectivity index (χ2v) is 4.75. The Bertz CT molecular complexity index is 386. The van der Waals surface area contributed by atoms with Crippen molar-refractivity contribution in [3.8, 4) is 0 Å². The minimum absolute atomic E-state index is 0.0161. The van der Waals surface area contributed by atoms with E-state index in [2.05, 4.69) is 14.2 Å². The smallest absolute Gasteiger partial charge is 0.331 e. The van der Waals surface area contributed by atoms with Gasteiger partial charge in [0.05, 0.1) is 12.9 Å². The number of carbonyl (C=O) groups excluding carboxylic acids is 2. The van der Waals surface area contributed by atoms with E-state index in [1.807, 2.05) is 0 Å². The molecule has 0 fully saturated rings. The van der Waals surface area contributed by atoms with E-state index in [1.165, 1.54) is 0 Å². The zero-order valence-electron chi connectivity index (χ0n) is 9.63. The van der Waals surface area contributed by atoms with Crippen LogP contribution in [-0.4, -0.2) is 46.4 Å². The lowest BCUT2D eigenvalue weighted by Gasteiger charge is -2.02. The molecule has 0 heterocycles. The molecule has 0 rings (SSSR count). The third-order valence-electron chi connectivity index (χ3n) is 1.35. The maximum atomic E-state index is 11.0. The van der Waals surface area contributed by atoms with Gasteiger partial charge in [-0.15, -0.1) is 0 Å². The molecule has 0 amide bonds. The van der Waals surface area contributed by atoms with Gasteiger partial charge < -0.3 is 9.47 Å². The lowest BCUT2D eigenvalue weighted by atomic mass is 10.5. The summed E-state index contributed by atoms with van der Waals surface area (Å²) in [7, 11) is -3.29. The van der Waals surface area contributed by atoms with E-state index >= 15 is 0 Å². The van der Waals surface area contributed by atoms with Gasteiger partial charge in [-0.2, -0.15) is 0 Å². The molecule has 0 aromatic carbocycles. The van der Waals surface area contributed by atoms with Crippen molar-refractivity contribution in [2.24, 2.45) is 0 Å². The summed E-state index contributed by atoms with van der Waals surface area (Å²) in [6.45, 7) is 1.73. The molecule has 0 aromatic heterocycles. The van der Waals surface area contributed by atoms with Crippen LogP contribution in [0.25, 0.3) is 0 Å². The predicted molar refractivity (Wildman–Crippen MR) is 59.6 cm³/mol. The first-order valence-electron chi connectivity index (χ1n) is 4.81. The van der Waals surface area contributed by atoms with Crippen molar-refractivity contribution < 1.29 is 27.5 Å². The van der Waals surface area contributed by atoms with Gasteiger partial charge in [-0.05, 0) is 6.92 Å². The second kappa shape index (κ2) is 7.80. The third-order valence-corrected chi connectivity index (χ3v) is 2.08. The molecule has 1 N–H and O–H groups in total. The Morgan fingerprint density at radius 2 is 1.71 bits per heavy atom. The number of hydrogen-bond acceptors (Lipinski definition) is 6. The quantitative estimate of drug-likeness (QED) is 0.367. The Labute approximate surface area is 99.8 Å². The van der Waals surface area contributed by atoms with Crippen LogP contribution in [0.2, 0.25) is 0 Å². The van der Waals surface area contributed by atoms with E-state index in [9.17, 15) is 18.0 Å². The number of nitrogens with one attached hydrogen (secondary N) is 1. The molecule has 0 unspecified atom stereocenters. The van der Waals surface area contributed by atoms with Gasteiger partial charge in [0.1, 0.15) is 6.61 Å². The van der Waals surface area contributed by atoms with Gasteiger partial charge >= 0.3 is 11.9 Å². The minimum Gasteiger partial charge on any atom is -0.463 e. The van der Waals surface area contributed by atoms with Crippen LogP contribution >= 0.6 is 0 Å². The first-order chi connectivity index (χ1) is 7.85. The summed E-state index contributed by atoms with van der Waals surface area (Å²) in [6, 6.07) is 0. The van der Waals surface area contributed by atoms with Crippen LogP contribution in [0.3, 0.4) is 0 Å². The van der Waals surface area contributed by atoms with E-state index < -0.39 is 22.0 Å². The Hall–Kier alpha value is -1.41. The highest BCUT2D eigenvalue weighted by molar-refractivity contribution is 7.88. The largest absolute Gasteiger partial charge is 0.463 e. The van der Waals surface area contributed by atoms with Crippen LogP contribution in [-0.2, 0) is 29.1 Å². The molecular formula is C9H15NO6S. The summed E-state index contributed by atoms with van der Waals surface area (Å²) in [5.74, 6) is -1.38. The molecule has 0 atom stereocenters. The van der Waals surface area contributed by atoms with Crippen molar-refractivity contribution in [2.75, 3.05) is 26.0 Å². The fraction of sp³-hybridized carbons (Fsp3) is 0.556. The molecule has 17 heavy (non-hydrogen) atoms. The molecule has 0 aliphatic heterocycles. The van der Waals surface area contributed by atoms with E-state index in [-0.39, 0.29) is 19.8 Å². The van der Waals surface area contributed by atoms with E-state index in [1.54, 1.807) is 6.92 Å². The number of ether oxygens (including phenoxy) is 2. The van der Waals surface area contributed by atoms with E-state index in [4.69, 9.17) is 0 Å². The zero-order valence-corrected chi connectivity index (χ0v) is 10.5. The van der Waals surface area contributed by atoms with Crippen molar-refractivity contribution >= 4 is 22.0 Å². The SMILES string of the molecule is CCOC(=O)/C=C/C(=O)OCCNS(C)(=O)=O. The monoisotopic (exact) mass is 265 g/mol. The zero-order chi connectivity index (χ0) is 13.3. The molecule has 0 spiro atoms. The number of rotatable bonds is 7. The highest BCUT2D eigenvalue weighted by Crippen LogP contribution is 1.85. The fourth-order valence-electron chi connectivity index (χ4n) is 0.753. The summed E-state index contributed by atoms with van der Waals surface area (Å²) >= 11 is 0. The fourth-order valence-corrected chi connectivity index (χ4v) is 1.21. The summed E-state index contributed by atoms with van der Waals surface area (Å²) in [5, 5.41) is 0. The first-order valence-corrected chi connectivity index (χ1v) is 6.70. The summed E-state index contributed by atoms with van der Waals surface area (Å²) < 4.78 is 32.6. The standard InChI is InChI=1S/C9H15NO6S/c1-3-15-8(11)4-5-9(12)16-7-6-10-17(2,13)14/h4-5,10H,3,6-7H2,1-2H3/b5-4+. The highest BCUT2D eigenvalue weighted by atomic mass is 32.2. The van der Waals surface area contributed by atoms with Crippen molar-refractivity contribution in [3.63, 3.8) is 0 Å². The Morgan fingerprint density at radius 3 is 2.18 bits per heavy atom. The van der Waals surface area contributed by atoms with Crippen molar-refractivity contribution in [1.82, 2.24) is 4.72 Å². The number of carbonyl (C=O) groups is 2. The molecule has 7 nitrogen and oxygen atoms in total. The van der Waals surface area contributed by atoms with Crippen LogP contribution in [0, 0.1) is 0 Å². The molecule has 0 radical (unpaired) electrons. The number of sulfonamides is 1. The molecule has 8 heteroatoms. The minimum atomic E-state index is -3.29. The molecule has 0 aliphatic carbocycles. The maximum Gasteiger partial charge on any atom is 0.331 e. The molecule has 0 bridgehead atoms. The van der Waals surface area contributed by atoms with Gasteiger partial charge in [0.2, 0.25) is 10.0 Å². The summed E-state index contributed by atoms with van der Waals surface area (Å²) in [6.07, 6.45) is 2.85. The predicted octanol–water partition coefficient (Wildman–Crippen LogP) is -0.802. The van der Waals surface area contributed by atoms with Crippen LogP contribution in [0.5, 0.6) is 0 Å². The van der Waals surface area contributed by atoms with Gasteiger partial charge in [0.15, 0.2) is 0 Å². The van der Waals surface area contributed by atoms with E-state index in [0.29, 0.717) is 0 Å². The van der Waals surface area contributed by atoms with Crippen LogP contribution in [0.1, 0.15) is 6.92 Å². The average Bonchev–Trinajstić information content (AvgIpc) is 2.21.